The summed E-state index contributed by atoms with van der Waals surface area (Å²) in [7, 11) is 2.90. The van der Waals surface area contributed by atoms with Gasteiger partial charge in [-0.15, -0.1) is 0 Å². The van der Waals surface area contributed by atoms with E-state index in [0.717, 1.165) is 18.3 Å². The van der Waals surface area contributed by atoms with Crippen LogP contribution < -0.4 is 25.1 Å². The molecule has 5 rings (SSSR count). The van der Waals surface area contributed by atoms with E-state index in [2.05, 4.69) is 36.2 Å². The third kappa shape index (κ3) is 5.43. The van der Waals surface area contributed by atoms with Crippen LogP contribution in [0.4, 0.5) is 14.5 Å². The van der Waals surface area contributed by atoms with E-state index in [1.165, 1.54) is 55.3 Å². The van der Waals surface area contributed by atoms with Crippen LogP contribution in [0.2, 0.25) is 0 Å². The van der Waals surface area contributed by atoms with Gasteiger partial charge in [-0.25, -0.2) is 18.7 Å². The summed E-state index contributed by atoms with van der Waals surface area (Å²) in [6, 6.07) is 10.8. The second-order valence-electron chi connectivity index (χ2n) is 8.54. The number of anilines is 1. The average molecular weight is 624 g/mol. The molecule has 1 N–H and O–H groups in total. The topological polar surface area (TPSA) is 117 Å². The number of pyridine rings is 4. The van der Waals surface area contributed by atoms with Gasteiger partial charge in [0.1, 0.15) is 22.7 Å². The molecule has 0 aliphatic heterocycles. The molecule has 0 aliphatic carbocycles. The Kier molecular flexibility index (Phi) is 7.62. The summed E-state index contributed by atoms with van der Waals surface area (Å²) in [5, 5.41) is 2.52. The number of carbonyl (C=O) groups excluding carboxylic acids is 1. The Morgan fingerprint density at radius 2 is 1.78 bits per heavy atom. The van der Waals surface area contributed by atoms with Gasteiger partial charge in [0.15, 0.2) is 23.1 Å². The number of hydrogen-bond donors (Lipinski definition) is 1. The van der Waals surface area contributed by atoms with Crippen molar-refractivity contribution >= 4 is 38.6 Å². The number of carbonyl (C=O) groups is 1. The van der Waals surface area contributed by atoms with Gasteiger partial charge in [-0.3, -0.25) is 19.1 Å². The van der Waals surface area contributed by atoms with E-state index in [1.54, 1.807) is 13.0 Å². The lowest BCUT2D eigenvalue weighted by atomic mass is 10.2. The van der Waals surface area contributed by atoms with Gasteiger partial charge in [-0.2, -0.15) is 0 Å². The van der Waals surface area contributed by atoms with Crippen molar-refractivity contribution in [3.63, 3.8) is 0 Å². The number of hydrogen-bond acceptors (Lipinski definition) is 8. The first-order valence-electron chi connectivity index (χ1n) is 11.9. The molecule has 0 spiro atoms. The highest BCUT2D eigenvalue weighted by Gasteiger charge is 2.20. The standard InChI is InChI=1S/C28H20BrF2N5O5/c1-14-18(29)11-17(28(38)36(14)24-7-4-15(30)13-33-24)26(37)34-16-5-6-21(19(31)10-16)41-22-8-9-32-20-12-23(39-2)27(40-3)35-25(20)22/h4-13H,1-3H3,(H,34,37). The molecule has 0 saturated heterocycles. The van der Waals surface area contributed by atoms with Gasteiger partial charge in [-0.1, -0.05) is 0 Å². The fourth-order valence-electron chi connectivity index (χ4n) is 3.98. The lowest BCUT2D eigenvalue weighted by Gasteiger charge is -2.14. The van der Waals surface area contributed by atoms with Gasteiger partial charge in [0.2, 0.25) is 0 Å². The van der Waals surface area contributed by atoms with Crippen molar-refractivity contribution in [2.45, 2.75) is 6.92 Å². The summed E-state index contributed by atoms with van der Waals surface area (Å²) in [6.07, 6.45) is 2.44. The Hall–Kier alpha value is -4.91. The molecular formula is C28H20BrF2N5O5. The molecular weight excluding hydrogens is 604 g/mol. The second kappa shape index (κ2) is 11.3. The number of amides is 1. The van der Waals surface area contributed by atoms with E-state index >= 15 is 4.39 Å². The zero-order chi connectivity index (χ0) is 29.3. The Morgan fingerprint density at radius 3 is 2.46 bits per heavy atom. The van der Waals surface area contributed by atoms with E-state index in [1.807, 2.05) is 0 Å². The summed E-state index contributed by atoms with van der Waals surface area (Å²) >= 11 is 3.34. The molecule has 4 aromatic heterocycles. The highest BCUT2D eigenvalue weighted by Crippen LogP contribution is 2.35. The molecule has 208 valence electrons. The van der Waals surface area contributed by atoms with Crippen LogP contribution in [-0.4, -0.2) is 39.6 Å². The fourth-order valence-corrected chi connectivity index (χ4v) is 4.38. The Morgan fingerprint density at radius 1 is 0.976 bits per heavy atom. The predicted molar refractivity (Wildman–Crippen MR) is 149 cm³/mol. The first kappa shape index (κ1) is 27.6. The maximum Gasteiger partial charge on any atom is 0.269 e. The Labute approximate surface area is 239 Å². The van der Waals surface area contributed by atoms with Crippen LogP contribution in [-0.2, 0) is 0 Å². The van der Waals surface area contributed by atoms with Crippen LogP contribution in [0.3, 0.4) is 0 Å². The SMILES string of the molecule is COc1cc2nccc(Oc3ccc(NC(=O)c4cc(Br)c(C)n(-c5ccc(F)cn5)c4=O)cc3F)c2nc1OC. The number of methoxy groups -OCH3 is 2. The minimum absolute atomic E-state index is 0.0755. The molecule has 4 heterocycles. The first-order chi connectivity index (χ1) is 19.7. The van der Waals surface area contributed by atoms with E-state index in [4.69, 9.17) is 14.2 Å². The number of aromatic nitrogens is 4. The third-order valence-electron chi connectivity index (χ3n) is 6.00. The summed E-state index contributed by atoms with van der Waals surface area (Å²) in [5.74, 6) is -1.37. The molecule has 13 heteroatoms. The van der Waals surface area contributed by atoms with Gasteiger partial charge >= 0.3 is 0 Å². The minimum atomic E-state index is -0.787. The fraction of sp³-hybridized carbons (Fsp3) is 0.107. The molecule has 1 aromatic carbocycles. The highest BCUT2D eigenvalue weighted by atomic mass is 79.9. The van der Waals surface area contributed by atoms with E-state index in [9.17, 15) is 14.0 Å². The first-order valence-corrected chi connectivity index (χ1v) is 12.7. The van der Waals surface area contributed by atoms with Crippen molar-refractivity contribution in [2.75, 3.05) is 19.5 Å². The van der Waals surface area contributed by atoms with E-state index in [-0.39, 0.29) is 34.4 Å². The number of fused-ring (bicyclic) bond motifs is 1. The van der Waals surface area contributed by atoms with E-state index < -0.39 is 23.1 Å². The molecule has 0 fully saturated rings. The van der Waals surface area contributed by atoms with Crippen LogP contribution in [0.15, 0.2) is 70.2 Å². The molecule has 0 bridgehead atoms. The smallest absolute Gasteiger partial charge is 0.269 e. The van der Waals surface area contributed by atoms with Crippen LogP contribution in [0.1, 0.15) is 16.1 Å². The molecule has 5 aromatic rings. The van der Waals surface area contributed by atoms with Crippen LogP contribution >= 0.6 is 15.9 Å². The molecule has 1 amide bonds. The quantitative estimate of drug-likeness (QED) is 0.249. The Balaban J connectivity index is 1.42. The number of rotatable bonds is 7. The van der Waals surface area contributed by atoms with Crippen LogP contribution in [0, 0.1) is 18.6 Å². The lowest BCUT2D eigenvalue weighted by molar-refractivity contribution is 0.102. The zero-order valence-corrected chi connectivity index (χ0v) is 23.3. The predicted octanol–water partition coefficient (Wildman–Crippen LogP) is 5.59. The van der Waals surface area contributed by atoms with Gasteiger partial charge in [-0.05, 0) is 53.2 Å². The molecule has 0 aliphatic rings. The summed E-state index contributed by atoms with van der Waals surface area (Å²) < 4.78 is 46.4. The number of halogens is 3. The maximum atomic E-state index is 15.1. The molecule has 0 unspecified atom stereocenters. The summed E-state index contributed by atoms with van der Waals surface area (Å²) in [4.78, 5) is 38.8. The summed E-state index contributed by atoms with van der Waals surface area (Å²) in [5.41, 5.74) is 0.354. The number of nitrogens with zero attached hydrogens (tertiary/aromatic N) is 4. The van der Waals surface area contributed by atoms with Crippen molar-refractivity contribution in [3.8, 4) is 28.9 Å². The van der Waals surface area contributed by atoms with Gasteiger partial charge in [0.05, 0.1) is 25.9 Å². The van der Waals surface area contributed by atoms with Gasteiger partial charge in [0.25, 0.3) is 17.3 Å². The largest absolute Gasteiger partial charge is 0.491 e. The summed E-state index contributed by atoms with van der Waals surface area (Å²) in [6.45, 7) is 1.64. The molecule has 41 heavy (non-hydrogen) atoms. The molecule has 0 atom stereocenters. The van der Waals surface area contributed by atoms with Crippen molar-refractivity contribution in [1.82, 2.24) is 19.5 Å². The van der Waals surface area contributed by atoms with Crippen molar-refractivity contribution in [3.05, 3.63) is 98.6 Å². The lowest BCUT2D eigenvalue weighted by Crippen LogP contribution is -2.30. The monoisotopic (exact) mass is 623 g/mol. The van der Waals surface area contributed by atoms with Gasteiger partial charge < -0.3 is 19.5 Å². The molecule has 0 radical (unpaired) electrons. The number of benzene rings is 1. The number of nitrogens with one attached hydrogen (secondary N) is 1. The molecule has 0 saturated carbocycles. The number of ether oxygens (including phenoxy) is 3. The maximum absolute atomic E-state index is 15.1. The van der Waals surface area contributed by atoms with Crippen molar-refractivity contribution < 1.29 is 27.8 Å². The van der Waals surface area contributed by atoms with Gasteiger partial charge in [0, 0.05) is 40.2 Å². The van der Waals surface area contributed by atoms with Crippen LogP contribution in [0.5, 0.6) is 23.1 Å². The molecule has 10 nitrogen and oxygen atoms in total. The minimum Gasteiger partial charge on any atom is -0.491 e. The van der Waals surface area contributed by atoms with Crippen molar-refractivity contribution in [1.29, 1.82) is 0 Å². The Bertz CT molecular complexity index is 1860. The van der Waals surface area contributed by atoms with Crippen molar-refractivity contribution in [2.24, 2.45) is 0 Å². The van der Waals surface area contributed by atoms with E-state index in [0.29, 0.717) is 26.9 Å². The van der Waals surface area contributed by atoms with Crippen LogP contribution in [0.25, 0.3) is 16.9 Å². The second-order valence-corrected chi connectivity index (χ2v) is 9.40. The highest BCUT2D eigenvalue weighted by molar-refractivity contribution is 9.10. The average Bonchev–Trinajstić information content (AvgIpc) is 2.96. The third-order valence-corrected chi connectivity index (χ3v) is 6.80. The zero-order valence-electron chi connectivity index (χ0n) is 21.7. The normalized spacial score (nSPS) is 10.9.